The van der Waals surface area contributed by atoms with Crippen LogP contribution < -0.4 is 5.32 Å². The summed E-state index contributed by atoms with van der Waals surface area (Å²) in [6.45, 7) is 4.21. The molecule has 0 spiro atoms. The number of nitrogens with one attached hydrogen (secondary N) is 1. The number of carbonyl (C=O) groups is 3. The van der Waals surface area contributed by atoms with Crippen LogP contribution in [0.15, 0.2) is 48.5 Å². The van der Waals surface area contributed by atoms with Crippen molar-refractivity contribution in [1.82, 2.24) is 4.90 Å². The molecule has 0 unspecified atom stereocenters. The molecular formula is C23H26N2O3S. The first-order chi connectivity index (χ1) is 14.0. The summed E-state index contributed by atoms with van der Waals surface area (Å²) in [5.41, 5.74) is 2.51. The van der Waals surface area contributed by atoms with Gasteiger partial charge < -0.3 is 5.32 Å². The Labute approximate surface area is 175 Å². The molecule has 29 heavy (non-hydrogen) atoms. The Kier molecular flexibility index (Phi) is 6.75. The number of hydrogen-bond acceptors (Lipinski definition) is 4. The maximum atomic E-state index is 13.2. The van der Waals surface area contributed by atoms with Crippen LogP contribution in [0.25, 0.3) is 0 Å². The molecule has 5 nitrogen and oxygen atoms in total. The van der Waals surface area contributed by atoms with Crippen molar-refractivity contribution in [2.75, 3.05) is 17.3 Å². The third kappa shape index (κ3) is 4.22. The molecule has 1 aliphatic rings. The van der Waals surface area contributed by atoms with Crippen molar-refractivity contribution in [3.8, 4) is 0 Å². The summed E-state index contributed by atoms with van der Waals surface area (Å²) >= 11 is 1.58. The normalized spacial score (nSPS) is 15.2. The van der Waals surface area contributed by atoms with Crippen molar-refractivity contribution in [2.45, 2.75) is 38.6 Å². The Morgan fingerprint density at radius 3 is 2.21 bits per heavy atom. The molecule has 1 aliphatic heterocycles. The molecule has 3 rings (SSSR count). The number of fused-ring (bicyclic) bond motifs is 1. The van der Waals surface area contributed by atoms with Crippen LogP contribution in [0.1, 0.15) is 58.9 Å². The average molecular weight is 411 g/mol. The molecule has 0 saturated carbocycles. The SMILES string of the molecule is CC[C@H](C)c1ccccc1NC(=O)[C@H](CCSC)N1C(=O)c2ccccc2C1=O. The van der Waals surface area contributed by atoms with Crippen LogP contribution >= 0.6 is 11.8 Å². The number of anilines is 1. The van der Waals surface area contributed by atoms with Gasteiger partial charge in [-0.3, -0.25) is 19.3 Å². The molecule has 0 aromatic heterocycles. The van der Waals surface area contributed by atoms with Crippen molar-refractivity contribution in [1.29, 1.82) is 0 Å². The van der Waals surface area contributed by atoms with Gasteiger partial charge in [0.15, 0.2) is 0 Å². The lowest BCUT2D eigenvalue weighted by Gasteiger charge is -2.26. The van der Waals surface area contributed by atoms with Crippen molar-refractivity contribution < 1.29 is 14.4 Å². The van der Waals surface area contributed by atoms with E-state index in [-0.39, 0.29) is 11.8 Å². The summed E-state index contributed by atoms with van der Waals surface area (Å²) in [7, 11) is 0. The number of carbonyl (C=O) groups excluding carboxylic acids is 3. The Balaban J connectivity index is 1.90. The third-order valence-electron chi connectivity index (χ3n) is 5.40. The molecule has 0 fully saturated rings. The third-order valence-corrected chi connectivity index (χ3v) is 6.04. The number of benzene rings is 2. The van der Waals surface area contributed by atoms with Crippen LogP contribution in [-0.4, -0.2) is 40.7 Å². The maximum Gasteiger partial charge on any atom is 0.262 e. The molecule has 0 saturated heterocycles. The first-order valence-electron chi connectivity index (χ1n) is 9.85. The highest BCUT2D eigenvalue weighted by atomic mass is 32.2. The fourth-order valence-electron chi connectivity index (χ4n) is 3.57. The monoisotopic (exact) mass is 410 g/mol. The van der Waals surface area contributed by atoms with E-state index in [2.05, 4.69) is 19.2 Å². The number of rotatable bonds is 8. The smallest absolute Gasteiger partial charge is 0.262 e. The molecule has 2 aromatic rings. The second-order valence-electron chi connectivity index (χ2n) is 7.21. The van der Waals surface area contributed by atoms with Gasteiger partial charge in [-0.05, 0) is 54.5 Å². The van der Waals surface area contributed by atoms with Crippen LogP contribution in [0.2, 0.25) is 0 Å². The number of hydrogen-bond donors (Lipinski definition) is 1. The molecule has 6 heteroatoms. The zero-order valence-corrected chi connectivity index (χ0v) is 17.8. The fraction of sp³-hybridized carbons (Fsp3) is 0.348. The van der Waals surface area contributed by atoms with E-state index in [0.29, 0.717) is 23.3 Å². The van der Waals surface area contributed by atoms with Crippen molar-refractivity contribution >= 4 is 35.2 Å². The van der Waals surface area contributed by atoms with E-state index in [0.717, 1.165) is 22.6 Å². The Morgan fingerprint density at radius 1 is 1.03 bits per heavy atom. The zero-order valence-electron chi connectivity index (χ0n) is 17.0. The lowest BCUT2D eigenvalue weighted by atomic mass is 9.96. The first-order valence-corrected chi connectivity index (χ1v) is 11.2. The van der Waals surface area contributed by atoms with E-state index in [1.807, 2.05) is 30.5 Å². The number of nitrogens with zero attached hydrogens (tertiary/aromatic N) is 1. The number of para-hydroxylation sites is 1. The first kappa shape index (κ1) is 21.1. The Morgan fingerprint density at radius 2 is 1.62 bits per heavy atom. The summed E-state index contributed by atoms with van der Waals surface area (Å²) in [6.07, 6.45) is 3.29. The van der Waals surface area contributed by atoms with Gasteiger partial charge in [0, 0.05) is 5.69 Å². The number of amides is 3. The van der Waals surface area contributed by atoms with E-state index in [9.17, 15) is 14.4 Å². The highest BCUT2D eigenvalue weighted by Gasteiger charge is 2.42. The van der Waals surface area contributed by atoms with Gasteiger partial charge in [-0.1, -0.05) is 44.2 Å². The largest absolute Gasteiger partial charge is 0.324 e. The van der Waals surface area contributed by atoms with E-state index in [4.69, 9.17) is 0 Å². The molecular weight excluding hydrogens is 384 g/mol. The second-order valence-corrected chi connectivity index (χ2v) is 8.19. The van der Waals surface area contributed by atoms with E-state index in [1.54, 1.807) is 36.0 Å². The molecule has 3 amide bonds. The van der Waals surface area contributed by atoms with Crippen LogP contribution in [0, 0.1) is 0 Å². The summed E-state index contributed by atoms with van der Waals surface area (Å²) in [5.74, 6) is -0.178. The fourth-order valence-corrected chi connectivity index (χ4v) is 4.03. The van der Waals surface area contributed by atoms with Crippen molar-refractivity contribution in [3.63, 3.8) is 0 Å². The lowest BCUT2D eigenvalue weighted by molar-refractivity contribution is -0.120. The minimum Gasteiger partial charge on any atom is -0.324 e. The summed E-state index contributed by atoms with van der Waals surface area (Å²) < 4.78 is 0. The van der Waals surface area contributed by atoms with E-state index in [1.165, 1.54) is 0 Å². The second kappa shape index (κ2) is 9.27. The predicted molar refractivity (Wildman–Crippen MR) is 118 cm³/mol. The molecule has 2 aromatic carbocycles. The van der Waals surface area contributed by atoms with Gasteiger partial charge in [0.25, 0.3) is 11.8 Å². The van der Waals surface area contributed by atoms with Gasteiger partial charge in [0.2, 0.25) is 5.91 Å². The van der Waals surface area contributed by atoms with E-state index >= 15 is 0 Å². The Bertz CT molecular complexity index is 893. The van der Waals surface area contributed by atoms with Crippen molar-refractivity contribution in [3.05, 3.63) is 65.2 Å². The van der Waals surface area contributed by atoms with Gasteiger partial charge in [-0.25, -0.2) is 0 Å². The van der Waals surface area contributed by atoms with Gasteiger partial charge >= 0.3 is 0 Å². The standard InChI is InChI=1S/C23H26N2O3S/c1-4-15(2)16-9-7-8-12-19(16)24-21(26)20(13-14-29-3)25-22(27)17-10-5-6-11-18(17)23(25)28/h5-12,15,20H,4,13-14H2,1-3H3,(H,24,26)/t15-,20-/m0/s1. The highest BCUT2D eigenvalue weighted by Crippen LogP contribution is 2.29. The minimum absolute atomic E-state index is 0.287. The van der Waals surface area contributed by atoms with Crippen molar-refractivity contribution in [2.24, 2.45) is 0 Å². The molecule has 1 N–H and O–H groups in total. The topological polar surface area (TPSA) is 66.5 Å². The van der Waals surface area contributed by atoms with Gasteiger partial charge in [0.1, 0.15) is 6.04 Å². The Hall–Kier alpha value is -2.60. The van der Waals surface area contributed by atoms with Crippen LogP contribution in [0.5, 0.6) is 0 Å². The number of imide groups is 1. The van der Waals surface area contributed by atoms with Crippen LogP contribution in [-0.2, 0) is 4.79 Å². The quantitative estimate of drug-likeness (QED) is 0.648. The van der Waals surface area contributed by atoms with Gasteiger partial charge in [0.05, 0.1) is 11.1 Å². The van der Waals surface area contributed by atoms with Gasteiger partial charge in [-0.2, -0.15) is 11.8 Å². The molecule has 1 heterocycles. The summed E-state index contributed by atoms with van der Waals surface area (Å²) in [5, 5.41) is 2.99. The zero-order chi connectivity index (χ0) is 21.0. The minimum atomic E-state index is -0.847. The molecule has 152 valence electrons. The summed E-state index contributed by atoms with van der Waals surface area (Å²) in [4.78, 5) is 40.2. The van der Waals surface area contributed by atoms with Crippen LogP contribution in [0.4, 0.5) is 5.69 Å². The lowest BCUT2D eigenvalue weighted by Crippen LogP contribution is -2.47. The number of thioether (sulfide) groups is 1. The molecule has 2 atom stereocenters. The van der Waals surface area contributed by atoms with E-state index < -0.39 is 17.9 Å². The average Bonchev–Trinajstić information content (AvgIpc) is 2.99. The molecule has 0 radical (unpaired) electrons. The predicted octanol–water partition coefficient (Wildman–Crippen LogP) is 4.56. The molecule has 0 bridgehead atoms. The molecule has 0 aliphatic carbocycles. The van der Waals surface area contributed by atoms with Gasteiger partial charge in [-0.15, -0.1) is 0 Å². The maximum absolute atomic E-state index is 13.2. The summed E-state index contributed by atoms with van der Waals surface area (Å²) in [6, 6.07) is 13.6. The van der Waals surface area contributed by atoms with Crippen LogP contribution in [0.3, 0.4) is 0 Å². The highest BCUT2D eigenvalue weighted by molar-refractivity contribution is 7.98.